The zero-order valence-corrected chi connectivity index (χ0v) is 11.7. The van der Waals surface area contributed by atoms with Crippen LogP contribution in [0.3, 0.4) is 0 Å². The molecular weight excluding hydrogens is 274 g/mol. The van der Waals surface area contributed by atoms with Crippen LogP contribution in [0.2, 0.25) is 0 Å². The SMILES string of the molecule is Cl.Cl.N[C@@H]1c2c(F)cccc2CC12CCNCC2. The normalized spacial score (nSPS) is 24.0. The average Bonchev–Trinajstić information content (AvgIpc) is 2.55. The Morgan fingerprint density at radius 2 is 1.89 bits per heavy atom. The highest BCUT2D eigenvalue weighted by Gasteiger charge is 2.45. The van der Waals surface area contributed by atoms with Crippen LogP contribution in [0.25, 0.3) is 0 Å². The van der Waals surface area contributed by atoms with Crippen LogP contribution in [-0.4, -0.2) is 13.1 Å². The molecule has 1 atom stereocenters. The van der Waals surface area contributed by atoms with Crippen LogP contribution in [0.1, 0.15) is 30.0 Å². The van der Waals surface area contributed by atoms with E-state index in [2.05, 4.69) is 5.32 Å². The minimum atomic E-state index is -0.125. The molecule has 18 heavy (non-hydrogen) atoms. The first-order valence-corrected chi connectivity index (χ1v) is 5.97. The zero-order valence-electron chi connectivity index (χ0n) is 10.1. The van der Waals surface area contributed by atoms with Gasteiger partial charge in [0.1, 0.15) is 5.82 Å². The Kier molecular flexibility index (Phi) is 5.01. The summed E-state index contributed by atoms with van der Waals surface area (Å²) in [6, 6.07) is 5.22. The molecule has 3 N–H and O–H groups in total. The van der Waals surface area contributed by atoms with Crippen LogP contribution in [0.4, 0.5) is 4.39 Å². The Hall–Kier alpha value is -0.350. The number of benzene rings is 1. The second kappa shape index (κ2) is 5.74. The summed E-state index contributed by atoms with van der Waals surface area (Å²) >= 11 is 0. The summed E-state index contributed by atoms with van der Waals surface area (Å²) in [6.45, 7) is 2.01. The van der Waals surface area contributed by atoms with Gasteiger partial charge in [0.25, 0.3) is 0 Å². The fourth-order valence-electron chi connectivity index (χ4n) is 3.29. The molecule has 5 heteroatoms. The summed E-state index contributed by atoms with van der Waals surface area (Å²) < 4.78 is 13.8. The molecule has 1 heterocycles. The van der Waals surface area contributed by atoms with Crippen molar-refractivity contribution in [3.8, 4) is 0 Å². The summed E-state index contributed by atoms with van der Waals surface area (Å²) in [4.78, 5) is 0. The van der Waals surface area contributed by atoms with Gasteiger partial charge in [-0.05, 0) is 49.4 Å². The fourth-order valence-corrected chi connectivity index (χ4v) is 3.29. The largest absolute Gasteiger partial charge is 0.323 e. The molecule has 1 aromatic rings. The molecule has 1 saturated heterocycles. The molecular formula is C13H19Cl2FN2. The van der Waals surface area contributed by atoms with E-state index in [1.54, 1.807) is 6.07 Å². The Morgan fingerprint density at radius 3 is 2.50 bits per heavy atom. The summed E-state index contributed by atoms with van der Waals surface area (Å²) in [5.74, 6) is -0.125. The number of halogens is 3. The summed E-state index contributed by atoms with van der Waals surface area (Å²) in [6.07, 6.45) is 3.06. The molecule has 0 aromatic heterocycles. The molecule has 3 rings (SSSR count). The van der Waals surface area contributed by atoms with Gasteiger partial charge in [-0.3, -0.25) is 0 Å². The van der Waals surface area contributed by atoms with E-state index in [9.17, 15) is 4.39 Å². The van der Waals surface area contributed by atoms with E-state index in [4.69, 9.17) is 5.73 Å². The van der Waals surface area contributed by atoms with Gasteiger partial charge < -0.3 is 11.1 Å². The molecule has 2 aliphatic rings. The zero-order chi connectivity index (χ0) is 11.2. The summed E-state index contributed by atoms with van der Waals surface area (Å²) in [5, 5.41) is 3.35. The van der Waals surface area contributed by atoms with Gasteiger partial charge in [0.15, 0.2) is 0 Å². The van der Waals surface area contributed by atoms with E-state index >= 15 is 0 Å². The number of nitrogens with one attached hydrogen (secondary N) is 1. The van der Waals surface area contributed by atoms with Gasteiger partial charge in [-0.2, -0.15) is 0 Å². The molecule has 2 nitrogen and oxygen atoms in total. The first-order chi connectivity index (χ1) is 7.73. The Labute approximate surface area is 119 Å². The van der Waals surface area contributed by atoms with Crippen molar-refractivity contribution in [3.63, 3.8) is 0 Å². The van der Waals surface area contributed by atoms with E-state index in [0.29, 0.717) is 0 Å². The predicted octanol–water partition coefficient (Wildman–Crippen LogP) is 2.60. The molecule has 1 aliphatic heterocycles. The van der Waals surface area contributed by atoms with Crippen molar-refractivity contribution < 1.29 is 4.39 Å². The first kappa shape index (κ1) is 15.7. The maximum atomic E-state index is 13.8. The van der Waals surface area contributed by atoms with Gasteiger partial charge in [-0.1, -0.05) is 12.1 Å². The lowest BCUT2D eigenvalue weighted by Gasteiger charge is -2.37. The highest BCUT2D eigenvalue weighted by atomic mass is 35.5. The van der Waals surface area contributed by atoms with Crippen molar-refractivity contribution in [1.82, 2.24) is 5.32 Å². The molecule has 0 unspecified atom stereocenters. The Bertz CT molecular complexity index is 419. The van der Waals surface area contributed by atoms with E-state index in [-0.39, 0.29) is 42.1 Å². The van der Waals surface area contributed by atoms with E-state index in [0.717, 1.165) is 43.5 Å². The van der Waals surface area contributed by atoms with Crippen molar-refractivity contribution in [2.24, 2.45) is 11.1 Å². The Morgan fingerprint density at radius 1 is 1.22 bits per heavy atom. The molecule has 0 saturated carbocycles. The number of piperidine rings is 1. The Balaban J connectivity index is 0.000000810. The monoisotopic (exact) mass is 292 g/mol. The van der Waals surface area contributed by atoms with Crippen molar-refractivity contribution in [2.45, 2.75) is 25.3 Å². The lowest BCUT2D eigenvalue weighted by molar-refractivity contribution is 0.172. The van der Waals surface area contributed by atoms with Gasteiger partial charge in [0.2, 0.25) is 0 Å². The second-order valence-electron chi connectivity index (χ2n) is 5.08. The quantitative estimate of drug-likeness (QED) is 0.771. The maximum Gasteiger partial charge on any atom is 0.128 e. The van der Waals surface area contributed by atoms with Crippen molar-refractivity contribution in [2.75, 3.05) is 13.1 Å². The molecule has 1 fully saturated rings. The average molecular weight is 293 g/mol. The number of hydrogen-bond acceptors (Lipinski definition) is 2. The van der Waals surface area contributed by atoms with Crippen LogP contribution < -0.4 is 11.1 Å². The number of nitrogens with two attached hydrogens (primary N) is 1. The van der Waals surface area contributed by atoms with Gasteiger partial charge >= 0.3 is 0 Å². The lowest BCUT2D eigenvalue weighted by Crippen LogP contribution is -2.42. The number of hydrogen-bond donors (Lipinski definition) is 2. The molecule has 0 bridgehead atoms. The topological polar surface area (TPSA) is 38.0 Å². The molecule has 102 valence electrons. The predicted molar refractivity (Wildman–Crippen MR) is 76.1 cm³/mol. The molecule has 0 radical (unpaired) electrons. The molecule has 1 spiro atoms. The minimum absolute atomic E-state index is 0. The van der Waals surface area contributed by atoms with Crippen molar-refractivity contribution >= 4 is 24.8 Å². The minimum Gasteiger partial charge on any atom is -0.323 e. The highest BCUT2D eigenvalue weighted by molar-refractivity contribution is 5.85. The third-order valence-electron chi connectivity index (χ3n) is 4.26. The first-order valence-electron chi connectivity index (χ1n) is 5.97. The molecule has 1 aliphatic carbocycles. The van der Waals surface area contributed by atoms with Crippen LogP contribution in [0.15, 0.2) is 18.2 Å². The van der Waals surface area contributed by atoms with Crippen LogP contribution in [-0.2, 0) is 6.42 Å². The standard InChI is InChI=1S/C13H17FN2.2ClH/c14-10-3-1-2-9-8-13(12(15)11(9)10)4-6-16-7-5-13;;/h1-3,12,16H,4-8,15H2;2*1H/t12-;;/m1../s1. The fraction of sp³-hybridized carbons (Fsp3) is 0.538. The summed E-state index contributed by atoms with van der Waals surface area (Å²) in [5.41, 5.74) is 8.28. The molecule has 0 amide bonds. The van der Waals surface area contributed by atoms with Gasteiger partial charge in [0, 0.05) is 11.6 Å². The van der Waals surface area contributed by atoms with Gasteiger partial charge in [-0.15, -0.1) is 24.8 Å². The van der Waals surface area contributed by atoms with Crippen LogP contribution in [0.5, 0.6) is 0 Å². The second-order valence-corrected chi connectivity index (χ2v) is 5.08. The van der Waals surface area contributed by atoms with Gasteiger partial charge in [-0.25, -0.2) is 4.39 Å². The summed E-state index contributed by atoms with van der Waals surface area (Å²) in [7, 11) is 0. The van der Waals surface area contributed by atoms with E-state index < -0.39 is 0 Å². The maximum absolute atomic E-state index is 13.8. The smallest absolute Gasteiger partial charge is 0.128 e. The van der Waals surface area contributed by atoms with Crippen LogP contribution >= 0.6 is 24.8 Å². The van der Waals surface area contributed by atoms with Crippen molar-refractivity contribution in [1.29, 1.82) is 0 Å². The van der Waals surface area contributed by atoms with E-state index in [1.165, 1.54) is 6.07 Å². The highest BCUT2D eigenvalue weighted by Crippen LogP contribution is 2.50. The van der Waals surface area contributed by atoms with Crippen molar-refractivity contribution in [3.05, 3.63) is 35.1 Å². The van der Waals surface area contributed by atoms with Crippen LogP contribution in [0, 0.1) is 11.2 Å². The molecule has 1 aromatic carbocycles. The number of rotatable bonds is 0. The third kappa shape index (κ3) is 2.25. The van der Waals surface area contributed by atoms with Gasteiger partial charge in [0.05, 0.1) is 0 Å². The van der Waals surface area contributed by atoms with E-state index in [1.807, 2.05) is 6.07 Å². The lowest BCUT2D eigenvalue weighted by atomic mass is 9.73. The third-order valence-corrected chi connectivity index (χ3v) is 4.26. The number of fused-ring (bicyclic) bond motifs is 1.